The zero-order valence-electron chi connectivity index (χ0n) is 12.6. The van der Waals surface area contributed by atoms with Gasteiger partial charge in [-0.25, -0.2) is 0 Å². The molecular weight excluding hydrogens is 280 g/mol. The summed E-state index contributed by atoms with van der Waals surface area (Å²) in [5, 5.41) is 12.4. The predicted octanol–water partition coefficient (Wildman–Crippen LogP) is 2.70. The molecule has 22 heavy (non-hydrogen) atoms. The molecule has 116 valence electrons. The van der Waals surface area contributed by atoms with Crippen LogP contribution in [0.5, 0.6) is 0 Å². The average Bonchev–Trinajstić information content (AvgIpc) is 2.91. The quantitative estimate of drug-likeness (QED) is 0.915. The number of aliphatic carboxylic acids is 1. The summed E-state index contributed by atoms with van der Waals surface area (Å²) >= 11 is 0. The van der Waals surface area contributed by atoms with Crippen LogP contribution in [0.4, 0.5) is 0 Å². The molecule has 0 aliphatic heterocycles. The van der Waals surface area contributed by atoms with Gasteiger partial charge in [0.05, 0.1) is 17.0 Å². The maximum Gasteiger partial charge on any atom is 0.308 e. The fraction of sp³-hybridized carbons (Fsp3) is 0.412. The molecular formula is C17H20N2O3. The summed E-state index contributed by atoms with van der Waals surface area (Å²) in [6.45, 7) is 1.85. The van der Waals surface area contributed by atoms with Gasteiger partial charge >= 0.3 is 5.97 Å². The molecule has 1 fully saturated rings. The second kappa shape index (κ2) is 5.48. The number of carboxylic acid groups (broad SMARTS) is 1. The molecule has 1 aliphatic carbocycles. The lowest BCUT2D eigenvalue weighted by Gasteiger charge is -2.39. The van der Waals surface area contributed by atoms with Gasteiger partial charge in [0.1, 0.15) is 0 Å². The van der Waals surface area contributed by atoms with E-state index in [2.05, 4.69) is 5.32 Å². The Balaban J connectivity index is 1.84. The normalized spacial score (nSPS) is 25.0. The van der Waals surface area contributed by atoms with Gasteiger partial charge < -0.3 is 14.8 Å². The van der Waals surface area contributed by atoms with Crippen molar-refractivity contribution in [2.24, 2.45) is 5.92 Å². The highest BCUT2D eigenvalue weighted by molar-refractivity contribution is 5.96. The number of hydrogen-bond donors (Lipinski definition) is 2. The number of amides is 1. The SMILES string of the molecule is CC1(NC(=O)c2cc3ccccn3c2)CCCCC1C(=O)O. The Morgan fingerprint density at radius 1 is 1.36 bits per heavy atom. The fourth-order valence-corrected chi connectivity index (χ4v) is 3.39. The van der Waals surface area contributed by atoms with E-state index in [1.54, 1.807) is 6.20 Å². The van der Waals surface area contributed by atoms with Crippen molar-refractivity contribution in [3.05, 3.63) is 42.2 Å². The lowest BCUT2D eigenvalue weighted by atomic mass is 9.74. The molecule has 1 saturated carbocycles. The summed E-state index contributed by atoms with van der Waals surface area (Å²) in [5.41, 5.74) is 0.813. The Labute approximate surface area is 128 Å². The van der Waals surface area contributed by atoms with Crippen molar-refractivity contribution in [1.82, 2.24) is 9.72 Å². The molecule has 3 rings (SSSR count). The van der Waals surface area contributed by atoms with E-state index in [-0.39, 0.29) is 5.91 Å². The summed E-state index contributed by atoms with van der Waals surface area (Å²) in [6.07, 6.45) is 6.81. The van der Waals surface area contributed by atoms with Crippen molar-refractivity contribution in [1.29, 1.82) is 0 Å². The molecule has 0 aromatic carbocycles. The van der Waals surface area contributed by atoms with E-state index >= 15 is 0 Å². The van der Waals surface area contributed by atoms with Gasteiger partial charge in [0.15, 0.2) is 0 Å². The van der Waals surface area contributed by atoms with Gasteiger partial charge in [-0.05, 0) is 38.0 Å². The summed E-state index contributed by atoms with van der Waals surface area (Å²) in [5.74, 6) is -1.56. The van der Waals surface area contributed by atoms with Crippen molar-refractivity contribution in [3.8, 4) is 0 Å². The maximum atomic E-state index is 12.5. The molecule has 2 N–H and O–H groups in total. The van der Waals surface area contributed by atoms with Crippen molar-refractivity contribution < 1.29 is 14.7 Å². The standard InChI is InChI=1S/C17H20N2O3/c1-17(8-4-2-7-14(17)16(21)22)18-15(20)12-10-13-6-3-5-9-19(13)11-12/h3,5-6,9-11,14H,2,4,7-8H2,1H3,(H,18,20)(H,21,22). The molecule has 2 aromatic heterocycles. The fourth-order valence-electron chi connectivity index (χ4n) is 3.39. The summed E-state index contributed by atoms with van der Waals surface area (Å²) in [6, 6.07) is 7.56. The van der Waals surface area contributed by atoms with Gasteiger partial charge in [0.2, 0.25) is 0 Å². The Morgan fingerprint density at radius 3 is 2.91 bits per heavy atom. The zero-order valence-corrected chi connectivity index (χ0v) is 12.6. The number of nitrogens with one attached hydrogen (secondary N) is 1. The number of carbonyl (C=O) groups is 2. The van der Waals surface area contributed by atoms with Gasteiger partial charge in [0.25, 0.3) is 5.91 Å². The third-order valence-electron chi connectivity index (χ3n) is 4.67. The van der Waals surface area contributed by atoms with Gasteiger partial charge in [-0.1, -0.05) is 18.9 Å². The largest absolute Gasteiger partial charge is 0.481 e. The van der Waals surface area contributed by atoms with E-state index in [1.807, 2.05) is 41.8 Å². The molecule has 1 amide bonds. The number of pyridine rings is 1. The average molecular weight is 300 g/mol. The van der Waals surface area contributed by atoms with Crippen LogP contribution in [0.1, 0.15) is 43.0 Å². The number of nitrogens with zero attached hydrogens (tertiary/aromatic N) is 1. The highest BCUT2D eigenvalue weighted by Gasteiger charge is 2.42. The number of carbonyl (C=O) groups excluding carboxylic acids is 1. The van der Waals surface area contributed by atoms with Crippen LogP contribution in [0.15, 0.2) is 36.7 Å². The molecule has 0 spiro atoms. The van der Waals surface area contributed by atoms with Gasteiger partial charge in [-0.3, -0.25) is 9.59 Å². The molecule has 0 bridgehead atoms. The van der Waals surface area contributed by atoms with E-state index < -0.39 is 17.4 Å². The van der Waals surface area contributed by atoms with Crippen LogP contribution in [-0.2, 0) is 4.79 Å². The van der Waals surface area contributed by atoms with E-state index in [0.717, 1.165) is 18.4 Å². The van der Waals surface area contributed by atoms with Crippen LogP contribution in [0, 0.1) is 5.92 Å². The summed E-state index contributed by atoms with van der Waals surface area (Å²) in [4.78, 5) is 24.0. The Morgan fingerprint density at radius 2 is 2.18 bits per heavy atom. The predicted molar refractivity (Wildman–Crippen MR) is 82.9 cm³/mol. The van der Waals surface area contributed by atoms with E-state index in [4.69, 9.17) is 0 Å². The summed E-state index contributed by atoms with van der Waals surface area (Å²) < 4.78 is 1.88. The lowest BCUT2D eigenvalue weighted by molar-refractivity contribution is -0.145. The lowest BCUT2D eigenvalue weighted by Crippen LogP contribution is -2.55. The zero-order chi connectivity index (χ0) is 15.7. The Kier molecular flexibility index (Phi) is 3.64. The molecule has 2 aromatic rings. The third-order valence-corrected chi connectivity index (χ3v) is 4.67. The van der Waals surface area contributed by atoms with Crippen LogP contribution >= 0.6 is 0 Å². The minimum absolute atomic E-state index is 0.209. The summed E-state index contributed by atoms with van der Waals surface area (Å²) in [7, 11) is 0. The second-order valence-electron chi connectivity index (χ2n) is 6.27. The van der Waals surface area contributed by atoms with Crippen molar-refractivity contribution in [2.75, 3.05) is 0 Å². The van der Waals surface area contributed by atoms with Crippen LogP contribution < -0.4 is 5.32 Å². The maximum absolute atomic E-state index is 12.5. The van der Waals surface area contributed by atoms with E-state index in [9.17, 15) is 14.7 Å². The van der Waals surface area contributed by atoms with Crippen molar-refractivity contribution in [3.63, 3.8) is 0 Å². The molecule has 5 nitrogen and oxygen atoms in total. The van der Waals surface area contributed by atoms with Crippen LogP contribution in [0.25, 0.3) is 5.52 Å². The third kappa shape index (κ3) is 2.58. The van der Waals surface area contributed by atoms with Crippen LogP contribution in [0.2, 0.25) is 0 Å². The number of rotatable bonds is 3. The molecule has 2 atom stereocenters. The molecule has 0 radical (unpaired) electrons. The second-order valence-corrected chi connectivity index (χ2v) is 6.27. The highest BCUT2D eigenvalue weighted by atomic mass is 16.4. The highest BCUT2D eigenvalue weighted by Crippen LogP contribution is 2.34. The van der Waals surface area contributed by atoms with Gasteiger partial charge in [-0.15, -0.1) is 0 Å². The minimum Gasteiger partial charge on any atom is -0.481 e. The number of aromatic nitrogens is 1. The molecule has 2 unspecified atom stereocenters. The molecule has 2 heterocycles. The van der Waals surface area contributed by atoms with Crippen molar-refractivity contribution in [2.45, 2.75) is 38.1 Å². The number of carboxylic acids is 1. The minimum atomic E-state index is -0.829. The van der Waals surface area contributed by atoms with E-state index in [0.29, 0.717) is 18.4 Å². The number of hydrogen-bond acceptors (Lipinski definition) is 2. The van der Waals surface area contributed by atoms with Gasteiger partial charge in [0, 0.05) is 17.9 Å². The first-order chi connectivity index (χ1) is 10.5. The van der Waals surface area contributed by atoms with E-state index in [1.165, 1.54) is 0 Å². The molecule has 1 aliphatic rings. The van der Waals surface area contributed by atoms with Gasteiger partial charge in [-0.2, -0.15) is 0 Å². The first kappa shape index (κ1) is 14.6. The monoisotopic (exact) mass is 300 g/mol. The topological polar surface area (TPSA) is 70.8 Å². The molecule has 0 saturated heterocycles. The molecule has 5 heteroatoms. The Hall–Kier alpha value is -2.30. The first-order valence-corrected chi connectivity index (χ1v) is 7.62. The van der Waals surface area contributed by atoms with Crippen molar-refractivity contribution >= 4 is 17.4 Å². The van der Waals surface area contributed by atoms with Crippen LogP contribution in [-0.4, -0.2) is 26.9 Å². The van der Waals surface area contributed by atoms with Crippen LogP contribution in [0.3, 0.4) is 0 Å². The first-order valence-electron chi connectivity index (χ1n) is 7.62. The number of fused-ring (bicyclic) bond motifs is 1. The Bertz CT molecular complexity index is 689. The smallest absolute Gasteiger partial charge is 0.308 e.